The van der Waals surface area contributed by atoms with E-state index in [1.54, 1.807) is 31.2 Å². The summed E-state index contributed by atoms with van der Waals surface area (Å²) in [7, 11) is -3.45. The van der Waals surface area contributed by atoms with Crippen LogP contribution in [-0.4, -0.2) is 8.42 Å². The van der Waals surface area contributed by atoms with Crippen molar-refractivity contribution in [2.75, 3.05) is 0 Å². The topological polar surface area (TPSA) is 46.2 Å². The highest BCUT2D eigenvalue weighted by Crippen LogP contribution is 2.15. The van der Waals surface area contributed by atoms with Crippen LogP contribution in [0, 0.1) is 12.7 Å². The van der Waals surface area contributed by atoms with Gasteiger partial charge in [-0.1, -0.05) is 42.0 Å². The van der Waals surface area contributed by atoms with Gasteiger partial charge in [-0.3, -0.25) is 0 Å². The van der Waals surface area contributed by atoms with Gasteiger partial charge >= 0.3 is 0 Å². The molecule has 0 aliphatic heterocycles. The second-order valence-electron chi connectivity index (χ2n) is 5.14. The van der Waals surface area contributed by atoms with Crippen molar-refractivity contribution in [3.8, 4) is 0 Å². The van der Waals surface area contributed by atoms with Crippen LogP contribution < -0.4 is 4.72 Å². The number of halogens is 1. The molecule has 0 spiro atoms. The zero-order valence-electron chi connectivity index (χ0n) is 12.0. The largest absolute Gasteiger partial charge is 0.216 e. The van der Waals surface area contributed by atoms with Crippen molar-refractivity contribution < 1.29 is 12.8 Å². The Morgan fingerprint density at radius 2 is 1.62 bits per heavy atom. The lowest BCUT2D eigenvalue weighted by Crippen LogP contribution is -2.28. The van der Waals surface area contributed by atoms with Gasteiger partial charge in [0.1, 0.15) is 5.82 Å². The Hall–Kier alpha value is -1.72. The van der Waals surface area contributed by atoms with Gasteiger partial charge in [0.25, 0.3) is 0 Å². The first-order chi connectivity index (χ1) is 9.85. The molecule has 0 saturated carbocycles. The SMILES string of the molecule is Cc1ccc(CS(=O)(=O)N[C@H](C)c2ccc(F)cc2)cc1. The molecule has 1 atom stereocenters. The average Bonchev–Trinajstić information content (AvgIpc) is 2.41. The Kier molecular flexibility index (Phi) is 4.75. The lowest BCUT2D eigenvalue weighted by atomic mass is 10.1. The summed E-state index contributed by atoms with van der Waals surface area (Å²) < 4.78 is 39.8. The summed E-state index contributed by atoms with van der Waals surface area (Å²) in [6.45, 7) is 3.69. The fourth-order valence-corrected chi connectivity index (χ4v) is 3.42. The molecule has 1 N–H and O–H groups in total. The second-order valence-corrected chi connectivity index (χ2v) is 6.89. The molecular weight excluding hydrogens is 289 g/mol. The first-order valence-electron chi connectivity index (χ1n) is 6.67. The monoisotopic (exact) mass is 307 g/mol. The Labute approximate surface area is 124 Å². The standard InChI is InChI=1S/C16H18FNO2S/c1-12-3-5-14(6-4-12)11-21(19,20)18-13(2)15-7-9-16(17)10-8-15/h3-10,13,18H,11H2,1-2H3/t13-/m1/s1. The van der Waals surface area contributed by atoms with Gasteiger partial charge in [0.2, 0.25) is 10.0 Å². The number of sulfonamides is 1. The fourth-order valence-electron chi connectivity index (χ4n) is 2.03. The number of hydrogen-bond acceptors (Lipinski definition) is 2. The number of aryl methyl sites for hydroxylation is 1. The fraction of sp³-hybridized carbons (Fsp3) is 0.250. The number of rotatable bonds is 5. The smallest absolute Gasteiger partial charge is 0.212 e. The molecule has 3 nitrogen and oxygen atoms in total. The normalized spacial score (nSPS) is 13.1. The van der Waals surface area contributed by atoms with E-state index in [1.807, 2.05) is 19.1 Å². The summed E-state index contributed by atoms with van der Waals surface area (Å²) in [6.07, 6.45) is 0. The van der Waals surface area contributed by atoms with E-state index >= 15 is 0 Å². The summed E-state index contributed by atoms with van der Waals surface area (Å²) in [4.78, 5) is 0. The Bertz CT molecular complexity index is 694. The van der Waals surface area contributed by atoms with Crippen LogP contribution in [0.4, 0.5) is 4.39 Å². The van der Waals surface area contributed by atoms with Crippen LogP contribution in [-0.2, 0) is 15.8 Å². The minimum Gasteiger partial charge on any atom is -0.212 e. The molecule has 0 radical (unpaired) electrons. The maximum Gasteiger partial charge on any atom is 0.216 e. The molecule has 0 amide bonds. The van der Waals surface area contributed by atoms with Crippen LogP contribution in [0.15, 0.2) is 48.5 Å². The molecule has 5 heteroatoms. The van der Waals surface area contributed by atoms with E-state index in [0.717, 1.165) is 16.7 Å². The lowest BCUT2D eigenvalue weighted by Gasteiger charge is -2.14. The van der Waals surface area contributed by atoms with Gasteiger partial charge in [-0.2, -0.15) is 0 Å². The van der Waals surface area contributed by atoms with Crippen molar-refractivity contribution in [2.45, 2.75) is 25.6 Å². The van der Waals surface area contributed by atoms with Crippen molar-refractivity contribution >= 4 is 10.0 Å². The molecule has 2 aromatic rings. The number of nitrogens with one attached hydrogen (secondary N) is 1. The highest BCUT2D eigenvalue weighted by molar-refractivity contribution is 7.88. The first-order valence-corrected chi connectivity index (χ1v) is 8.32. The molecule has 0 aliphatic carbocycles. The van der Waals surface area contributed by atoms with Crippen LogP contribution in [0.1, 0.15) is 29.7 Å². The predicted molar refractivity (Wildman–Crippen MR) is 81.8 cm³/mol. The lowest BCUT2D eigenvalue weighted by molar-refractivity contribution is 0.565. The number of hydrogen-bond donors (Lipinski definition) is 1. The molecule has 2 rings (SSSR count). The third-order valence-electron chi connectivity index (χ3n) is 3.20. The molecule has 112 valence electrons. The van der Waals surface area contributed by atoms with Crippen LogP contribution >= 0.6 is 0 Å². The Morgan fingerprint density at radius 3 is 2.19 bits per heavy atom. The average molecular weight is 307 g/mol. The van der Waals surface area contributed by atoms with Crippen LogP contribution in [0.3, 0.4) is 0 Å². The third kappa shape index (κ3) is 4.65. The minimum atomic E-state index is -3.45. The Morgan fingerprint density at radius 1 is 1.05 bits per heavy atom. The second kappa shape index (κ2) is 6.37. The summed E-state index contributed by atoms with van der Waals surface area (Å²) in [5, 5.41) is 0. The van der Waals surface area contributed by atoms with Crippen molar-refractivity contribution in [1.82, 2.24) is 4.72 Å². The minimum absolute atomic E-state index is 0.0706. The van der Waals surface area contributed by atoms with Gasteiger partial charge in [0.15, 0.2) is 0 Å². The summed E-state index contributed by atoms with van der Waals surface area (Å²) in [5.74, 6) is -0.410. The van der Waals surface area contributed by atoms with Crippen LogP contribution in [0.25, 0.3) is 0 Å². The molecule has 0 bridgehead atoms. The summed E-state index contributed by atoms with van der Waals surface area (Å²) >= 11 is 0. The molecule has 21 heavy (non-hydrogen) atoms. The summed E-state index contributed by atoms with van der Waals surface area (Å²) in [6, 6.07) is 12.8. The van der Waals surface area contributed by atoms with Crippen molar-refractivity contribution in [3.63, 3.8) is 0 Å². The highest BCUT2D eigenvalue weighted by Gasteiger charge is 2.16. The van der Waals surface area contributed by atoms with Crippen molar-refractivity contribution in [3.05, 3.63) is 71.0 Å². The van der Waals surface area contributed by atoms with E-state index in [-0.39, 0.29) is 11.6 Å². The third-order valence-corrected chi connectivity index (χ3v) is 4.63. The summed E-state index contributed by atoms with van der Waals surface area (Å²) in [5.41, 5.74) is 2.55. The zero-order chi connectivity index (χ0) is 15.5. The molecule has 2 aromatic carbocycles. The molecule has 0 fully saturated rings. The predicted octanol–water partition coefficient (Wildman–Crippen LogP) is 3.31. The molecule has 0 aromatic heterocycles. The van der Waals surface area contributed by atoms with E-state index in [0.29, 0.717) is 0 Å². The van der Waals surface area contributed by atoms with Gasteiger partial charge in [-0.05, 0) is 37.1 Å². The maximum atomic E-state index is 12.9. The number of benzene rings is 2. The van der Waals surface area contributed by atoms with Crippen molar-refractivity contribution in [1.29, 1.82) is 0 Å². The van der Waals surface area contributed by atoms with Gasteiger partial charge in [-0.15, -0.1) is 0 Å². The highest BCUT2D eigenvalue weighted by atomic mass is 32.2. The molecule has 0 saturated heterocycles. The maximum absolute atomic E-state index is 12.9. The van der Waals surface area contributed by atoms with E-state index in [2.05, 4.69) is 4.72 Å². The molecule has 0 aliphatic rings. The van der Waals surface area contributed by atoms with E-state index in [1.165, 1.54) is 12.1 Å². The zero-order valence-corrected chi connectivity index (χ0v) is 12.8. The first kappa shape index (κ1) is 15.7. The van der Waals surface area contributed by atoms with Gasteiger partial charge in [-0.25, -0.2) is 17.5 Å². The van der Waals surface area contributed by atoms with Gasteiger partial charge < -0.3 is 0 Å². The molecular formula is C16H18FNO2S. The Balaban J connectivity index is 2.06. The van der Waals surface area contributed by atoms with E-state index < -0.39 is 16.1 Å². The quantitative estimate of drug-likeness (QED) is 0.921. The van der Waals surface area contributed by atoms with Crippen LogP contribution in [0.5, 0.6) is 0 Å². The molecule has 0 unspecified atom stereocenters. The van der Waals surface area contributed by atoms with Crippen molar-refractivity contribution in [2.24, 2.45) is 0 Å². The van der Waals surface area contributed by atoms with Crippen LogP contribution in [0.2, 0.25) is 0 Å². The van der Waals surface area contributed by atoms with E-state index in [4.69, 9.17) is 0 Å². The van der Waals surface area contributed by atoms with Gasteiger partial charge in [0.05, 0.1) is 5.75 Å². The van der Waals surface area contributed by atoms with E-state index in [9.17, 15) is 12.8 Å². The van der Waals surface area contributed by atoms with Gasteiger partial charge in [0, 0.05) is 6.04 Å². The molecule has 0 heterocycles.